The molecule has 0 unspecified atom stereocenters. The van der Waals surface area contributed by atoms with Crippen LogP contribution in [0.2, 0.25) is 5.02 Å². The fraction of sp³-hybridized carbons (Fsp3) is 0.222. The highest BCUT2D eigenvalue weighted by Gasteiger charge is 2.13. The normalized spacial score (nSPS) is 10.5. The molecule has 0 bridgehead atoms. The Labute approximate surface area is 102 Å². The van der Waals surface area contributed by atoms with Crippen molar-refractivity contribution in [3.05, 3.63) is 29.3 Å². The maximum atomic E-state index is 11.7. The summed E-state index contributed by atoms with van der Waals surface area (Å²) in [5.74, 6) is -0.371. The number of nitrogens with zero attached hydrogens (tertiary/aromatic N) is 3. The van der Waals surface area contributed by atoms with Crippen molar-refractivity contribution in [3.8, 4) is 0 Å². The highest BCUT2D eigenvalue weighted by atomic mass is 35.5. The van der Waals surface area contributed by atoms with Crippen molar-refractivity contribution < 1.29 is 9.53 Å². The van der Waals surface area contributed by atoms with Gasteiger partial charge in [0.15, 0.2) is 0 Å². The van der Waals surface area contributed by atoms with Crippen molar-refractivity contribution in [1.82, 2.24) is 20.0 Å². The lowest BCUT2D eigenvalue weighted by Gasteiger charge is -2.00. The van der Waals surface area contributed by atoms with E-state index in [9.17, 15) is 4.79 Å². The van der Waals surface area contributed by atoms with E-state index >= 15 is 0 Å². The average Bonchev–Trinajstić information content (AvgIpc) is 2.88. The van der Waals surface area contributed by atoms with Gasteiger partial charge in [0.2, 0.25) is 0 Å². The number of hydrogen-bond donors (Lipinski definition) is 2. The quantitative estimate of drug-likeness (QED) is 0.857. The summed E-state index contributed by atoms with van der Waals surface area (Å²) in [6, 6.07) is 0. The summed E-state index contributed by atoms with van der Waals surface area (Å²) >= 11 is 5.76. The molecule has 0 aliphatic rings. The molecule has 0 aliphatic carbocycles. The first kappa shape index (κ1) is 11.6. The molecule has 90 valence electrons. The third-order valence-corrected chi connectivity index (χ3v) is 2.26. The van der Waals surface area contributed by atoms with E-state index in [1.165, 1.54) is 12.4 Å². The Bertz CT molecular complexity index is 521. The van der Waals surface area contributed by atoms with Crippen molar-refractivity contribution >= 4 is 23.2 Å². The van der Waals surface area contributed by atoms with E-state index in [4.69, 9.17) is 16.3 Å². The smallest absolute Gasteiger partial charge is 0.275 e. The van der Waals surface area contributed by atoms with Crippen molar-refractivity contribution in [1.29, 1.82) is 0 Å². The Morgan fingerprint density at radius 1 is 1.65 bits per heavy atom. The van der Waals surface area contributed by atoms with Crippen LogP contribution in [0, 0.1) is 0 Å². The van der Waals surface area contributed by atoms with Gasteiger partial charge in [-0.05, 0) is 0 Å². The van der Waals surface area contributed by atoms with Crippen molar-refractivity contribution in [2.75, 3.05) is 12.4 Å². The monoisotopic (exact) mass is 255 g/mol. The molecule has 8 heteroatoms. The van der Waals surface area contributed by atoms with Gasteiger partial charge in [0.05, 0.1) is 29.3 Å². The molecule has 2 aromatic heterocycles. The fourth-order valence-corrected chi connectivity index (χ4v) is 1.43. The first-order chi connectivity index (χ1) is 8.20. The summed E-state index contributed by atoms with van der Waals surface area (Å²) in [7, 11) is 1.56. The van der Waals surface area contributed by atoms with Crippen LogP contribution in [0.4, 0.5) is 5.69 Å². The molecule has 2 aromatic rings. The molecule has 7 nitrogen and oxygen atoms in total. The van der Waals surface area contributed by atoms with Gasteiger partial charge < -0.3 is 10.1 Å². The number of rotatable bonds is 4. The summed E-state index contributed by atoms with van der Waals surface area (Å²) in [4.78, 5) is 11.7. The summed E-state index contributed by atoms with van der Waals surface area (Å²) < 4.78 is 6.43. The lowest BCUT2D eigenvalue weighted by Crippen LogP contribution is -2.12. The molecule has 0 fully saturated rings. The van der Waals surface area contributed by atoms with Crippen LogP contribution in [0.25, 0.3) is 0 Å². The molecule has 2 rings (SSSR count). The van der Waals surface area contributed by atoms with Crippen molar-refractivity contribution in [3.63, 3.8) is 0 Å². The summed E-state index contributed by atoms with van der Waals surface area (Å²) in [5, 5.41) is 13.1. The lowest BCUT2D eigenvalue weighted by atomic mass is 10.4. The molecule has 0 saturated carbocycles. The van der Waals surface area contributed by atoms with E-state index in [1.807, 2.05) is 0 Å². The number of ether oxygens (including phenoxy) is 1. The Balaban J connectivity index is 2.05. The number of carbonyl (C=O) groups is 1. The largest absolute Gasteiger partial charge is 0.362 e. The fourth-order valence-electron chi connectivity index (χ4n) is 1.26. The molecule has 2 N–H and O–H groups in total. The number of halogens is 1. The Morgan fingerprint density at radius 3 is 3.12 bits per heavy atom. The van der Waals surface area contributed by atoms with Crippen LogP contribution < -0.4 is 5.32 Å². The minimum Gasteiger partial charge on any atom is -0.362 e. The standard InChI is InChI=1S/C9H10ClN5O2/c1-17-5-15-4-6(2-12-15)13-9(16)8-7(10)3-11-14-8/h2-4H,5H2,1H3,(H,11,14)(H,13,16). The highest BCUT2D eigenvalue weighted by Crippen LogP contribution is 2.14. The molecule has 0 aliphatic heterocycles. The third kappa shape index (κ3) is 2.63. The highest BCUT2D eigenvalue weighted by molar-refractivity contribution is 6.34. The number of carbonyl (C=O) groups excluding carboxylic acids is 1. The van der Waals surface area contributed by atoms with Gasteiger partial charge in [-0.3, -0.25) is 9.89 Å². The van der Waals surface area contributed by atoms with E-state index in [-0.39, 0.29) is 16.6 Å². The van der Waals surface area contributed by atoms with Crippen LogP contribution in [-0.4, -0.2) is 33.0 Å². The first-order valence-corrected chi connectivity index (χ1v) is 5.10. The van der Waals surface area contributed by atoms with Gasteiger partial charge in [-0.15, -0.1) is 0 Å². The van der Waals surface area contributed by atoms with E-state index in [0.29, 0.717) is 12.4 Å². The van der Waals surface area contributed by atoms with Gasteiger partial charge in [-0.2, -0.15) is 10.2 Å². The topological polar surface area (TPSA) is 84.8 Å². The molecule has 2 heterocycles. The number of aromatic nitrogens is 4. The van der Waals surface area contributed by atoms with E-state index in [0.717, 1.165) is 0 Å². The van der Waals surface area contributed by atoms with Crippen LogP contribution in [0.5, 0.6) is 0 Å². The van der Waals surface area contributed by atoms with Gasteiger partial charge in [-0.1, -0.05) is 11.6 Å². The molecule has 17 heavy (non-hydrogen) atoms. The first-order valence-electron chi connectivity index (χ1n) is 4.72. The predicted octanol–water partition coefficient (Wildman–Crippen LogP) is 1.12. The number of nitrogens with one attached hydrogen (secondary N) is 2. The molecule has 1 amide bonds. The zero-order chi connectivity index (χ0) is 12.3. The molecule has 0 atom stereocenters. The van der Waals surface area contributed by atoms with Gasteiger partial charge in [0.1, 0.15) is 12.4 Å². The van der Waals surface area contributed by atoms with Crippen molar-refractivity contribution in [2.45, 2.75) is 6.73 Å². The Morgan fingerprint density at radius 2 is 2.47 bits per heavy atom. The second-order valence-corrected chi connectivity index (χ2v) is 3.64. The van der Waals surface area contributed by atoms with Crippen LogP contribution in [0.1, 0.15) is 10.5 Å². The zero-order valence-corrected chi connectivity index (χ0v) is 9.73. The van der Waals surface area contributed by atoms with E-state index in [1.54, 1.807) is 18.0 Å². The summed E-state index contributed by atoms with van der Waals surface area (Å²) in [6.07, 6.45) is 4.53. The van der Waals surface area contributed by atoms with Crippen LogP contribution in [-0.2, 0) is 11.5 Å². The molecule has 0 spiro atoms. The third-order valence-electron chi connectivity index (χ3n) is 1.97. The number of H-pyrrole nitrogens is 1. The summed E-state index contributed by atoms with van der Waals surface area (Å²) in [5.41, 5.74) is 0.767. The molecule has 0 aromatic carbocycles. The lowest BCUT2D eigenvalue weighted by molar-refractivity contribution is 0.102. The van der Waals surface area contributed by atoms with E-state index in [2.05, 4.69) is 20.6 Å². The number of methoxy groups -OCH3 is 1. The Hall–Kier alpha value is -1.86. The minimum absolute atomic E-state index is 0.214. The van der Waals surface area contributed by atoms with Crippen LogP contribution in [0.3, 0.4) is 0 Å². The number of anilines is 1. The summed E-state index contributed by atoms with van der Waals surface area (Å²) in [6.45, 7) is 0.320. The maximum absolute atomic E-state index is 11.7. The van der Waals surface area contributed by atoms with Crippen LogP contribution >= 0.6 is 11.6 Å². The zero-order valence-electron chi connectivity index (χ0n) is 8.98. The van der Waals surface area contributed by atoms with Gasteiger partial charge in [0, 0.05) is 7.11 Å². The average molecular weight is 256 g/mol. The van der Waals surface area contributed by atoms with Crippen LogP contribution in [0.15, 0.2) is 18.6 Å². The van der Waals surface area contributed by atoms with Gasteiger partial charge >= 0.3 is 0 Å². The van der Waals surface area contributed by atoms with E-state index < -0.39 is 0 Å². The second-order valence-electron chi connectivity index (χ2n) is 3.23. The van der Waals surface area contributed by atoms with Gasteiger partial charge in [0.25, 0.3) is 5.91 Å². The Kier molecular flexibility index (Phi) is 3.40. The number of aromatic amines is 1. The predicted molar refractivity (Wildman–Crippen MR) is 60.8 cm³/mol. The number of hydrogen-bond acceptors (Lipinski definition) is 4. The second kappa shape index (κ2) is 4.98. The molecular formula is C9H10ClN5O2. The molecule has 0 radical (unpaired) electrons. The minimum atomic E-state index is -0.371. The number of amides is 1. The SMILES string of the molecule is COCn1cc(NC(=O)c2[nH]ncc2Cl)cn1. The molecule has 0 saturated heterocycles. The van der Waals surface area contributed by atoms with Gasteiger partial charge in [-0.25, -0.2) is 4.68 Å². The van der Waals surface area contributed by atoms with Crippen molar-refractivity contribution in [2.24, 2.45) is 0 Å². The molecular weight excluding hydrogens is 246 g/mol. The maximum Gasteiger partial charge on any atom is 0.275 e.